The normalized spacial score (nSPS) is 12.7. The van der Waals surface area contributed by atoms with Crippen LogP contribution >= 0.6 is 0 Å². The first kappa shape index (κ1) is 19.0. The molecule has 2 N–H and O–H groups in total. The lowest BCUT2D eigenvalue weighted by molar-refractivity contribution is -0.111. The van der Waals surface area contributed by atoms with E-state index in [1.807, 2.05) is 23.7 Å². The second kappa shape index (κ2) is 7.35. The first-order chi connectivity index (χ1) is 15.0. The van der Waals surface area contributed by atoms with Crippen molar-refractivity contribution in [3.05, 3.63) is 66.5 Å². The molecule has 31 heavy (non-hydrogen) atoms. The molecule has 1 aromatic carbocycles. The monoisotopic (exact) mass is 417 g/mol. The van der Waals surface area contributed by atoms with Crippen molar-refractivity contribution < 1.29 is 9.18 Å². The Morgan fingerprint density at radius 1 is 1.26 bits per heavy atom. The van der Waals surface area contributed by atoms with Crippen molar-refractivity contribution in [2.75, 3.05) is 10.6 Å². The fraction of sp³-hybridized carbons (Fsp3) is 0.182. The minimum Gasteiger partial charge on any atom is -0.323 e. The average Bonchev–Trinajstić information content (AvgIpc) is 3.46. The van der Waals surface area contributed by atoms with Gasteiger partial charge in [-0.05, 0) is 49.1 Å². The SMILES string of the molecule is C=CC(=O)Nc1ccc2c(c1)c1c(n2-c2nc(Nc3cnn(C)c3)ncc2F)CCC1. The molecule has 5 rings (SSSR count). The molecular formula is C22H20FN7O. The molecule has 0 saturated heterocycles. The number of nitrogens with zero attached hydrogens (tertiary/aromatic N) is 5. The van der Waals surface area contributed by atoms with Crippen LogP contribution in [-0.4, -0.2) is 30.2 Å². The predicted molar refractivity (Wildman–Crippen MR) is 116 cm³/mol. The third-order valence-corrected chi connectivity index (χ3v) is 5.37. The maximum absolute atomic E-state index is 14.9. The molecule has 0 fully saturated rings. The molecule has 0 saturated carbocycles. The third-order valence-electron chi connectivity index (χ3n) is 5.37. The van der Waals surface area contributed by atoms with Crippen LogP contribution in [0.2, 0.25) is 0 Å². The van der Waals surface area contributed by atoms with E-state index in [1.54, 1.807) is 23.1 Å². The summed E-state index contributed by atoms with van der Waals surface area (Å²) in [4.78, 5) is 20.3. The zero-order valence-electron chi connectivity index (χ0n) is 16.9. The quantitative estimate of drug-likeness (QED) is 0.484. The van der Waals surface area contributed by atoms with Gasteiger partial charge >= 0.3 is 0 Å². The number of amides is 1. The van der Waals surface area contributed by atoms with Gasteiger partial charge in [0.25, 0.3) is 0 Å². The number of carbonyl (C=O) groups excluding carboxylic acids is 1. The van der Waals surface area contributed by atoms with E-state index in [4.69, 9.17) is 0 Å². The number of anilines is 3. The van der Waals surface area contributed by atoms with Gasteiger partial charge < -0.3 is 10.6 Å². The van der Waals surface area contributed by atoms with Crippen LogP contribution in [0.3, 0.4) is 0 Å². The van der Waals surface area contributed by atoms with E-state index in [9.17, 15) is 9.18 Å². The zero-order valence-corrected chi connectivity index (χ0v) is 16.9. The van der Waals surface area contributed by atoms with E-state index in [1.165, 1.54) is 12.3 Å². The molecule has 0 unspecified atom stereocenters. The molecule has 0 aliphatic heterocycles. The van der Waals surface area contributed by atoms with Crippen molar-refractivity contribution in [3.8, 4) is 5.82 Å². The Labute approximate surface area is 177 Å². The lowest BCUT2D eigenvalue weighted by Gasteiger charge is -2.12. The highest BCUT2D eigenvalue weighted by Crippen LogP contribution is 2.37. The van der Waals surface area contributed by atoms with Crippen molar-refractivity contribution >= 4 is 34.1 Å². The molecule has 9 heteroatoms. The second-order valence-corrected chi connectivity index (χ2v) is 7.43. The van der Waals surface area contributed by atoms with Gasteiger partial charge in [0.2, 0.25) is 11.9 Å². The Hall–Kier alpha value is -4.01. The van der Waals surface area contributed by atoms with Gasteiger partial charge in [0.05, 0.1) is 23.6 Å². The summed E-state index contributed by atoms with van der Waals surface area (Å²) in [5, 5.41) is 10.9. The van der Waals surface area contributed by atoms with Gasteiger partial charge in [0, 0.05) is 30.0 Å². The van der Waals surface area contributed by atoms with Crippen molar-refractivity contribution in [1.82, 2.24) is 24.3 Å². The highest BCUT2D eigenvalue weighted by Gasteiger charge is 2.25. The summed E-state index contributed by atoms with van der Waals surface area (Å²) in [6.07, 6.45) is 8.54. The smallest absolute Gasteiger partial charge is 0.247 e. The van der Waals surface area contributed by atoms with Gasteiger partial charge in [-0.25, -0.2) is 9.37 Å². The number of hydrogen-bond acceptors (Lipinski definition) is 5. The maximum Gasteiger partial charge on any atom is 0.247 e. The average molecular weight is 417 g/mol. The minimum atomic E-state index is -0.507. The van der Waals surface area contributed by atoms with Gasteiger partial charge in [0.15, 0.2) is 11.6 Å². The molecule has 3 heterocycles. The van der Waals surface area contributed by atoms with E-state index in [-0.39, 0.29) is 17.7 Å². The van der Waals surface area contributed by atoms with Crippen LogP contribution in [0, 0.1) is 5.82 Å². The molecule has 0 radical (unpaired) electrons. The zero-order chi connectivity index (χ0) is 21.5. The summed E-state index contributed by atoms with van der Waals surface area (Å²) in [7, 11) is 1.81. The summed E-state index contributed by atoms with van der Waals surface area (Å²) < 4.78 is 18.4. The Kier molecular flexibility index (Phi) is 4.50. The van der Waals surface area contributed by atoms with E-state index in [0.717, 1.165) is 41.4 Å². The molecular weight excluding hydrogens is 397 g/mol. The van der Waals surface area contributed by atoms with Crippen molar-refractivity contribution in [2.24, 2.45) is 7.05 Å². The summed E-state index contributed by atoms with van der Waals surface area (Å²) in [5.41, 5.74) is 4.42. The van der Waals surface area contributed by atoms with Crippen LogP contribution in [0.4, 0.5) is 21.7 Å². The number of carbonyl (C=O) groups is 1. The molecule has 1 aliphatic carbocycles. The number of fused-ring (bicyclic) bond motifs is 3. The van der Waals surface area contributed by atoms with Gasteiger partial charge in [-0.3, -0.25) is 14.0 Å². The molecule has 8 nitrogen and oxygen atoms in total. The standard InChI is InChI=1S/C22H20FN7O/c1-3-20(31)26-13-7-8-19-16(9-13)15-5-4-6-18(15)30(19)21-17(23)11-24-22(28-21)27-14-10-25-29(2)12-14/h3,7-12H,1,4-6H2,2H3,(H,26,31)(H,24,27,28). The molecule has 3 aromatic heterocycles. The Morgan fingerprint density at radius 2 is 2.13 bits per heavy atom. The number of nitrogens with one attached hydrogen (secondary N) is 2. The lowest BCUT2D eigenvalue weighted by atomic mass is 10.1. The Bertz CT molecular complexity index is 1340. The van der Waals surface area contributed by atoms with Gasteiger partial charge in [-0.15, -0.1) is 0 Å². The van der Waals surface area contributed by atoms with Gasteiger partial charge in [0.1, 0.15) is 0 Å². The molecule has 0 atom stereocenters. The van der Waals surface area contributed by atoms with Crippen molar-refractivity contribution in [1.29, 1.82) is 0 Å². The van der Waals surface area contributed by atoms with Crippen molar-refractivity contribution in [3.63, 3.8) is 0 Å². The van der Waals surface area contributed by atoms with Crippen LogP contribution in [0.15, 0.2) is 49.4 Å². The van der Waals surface area contributed by atoms with Crippen LogP contribution in [-0.2, 0) is 24.7 Å². The number of halogens is 1. The van der Waals surface area contributed by atoms with Crippen LogP contribution in [0.25, 0.3) is 16.7 Å². The summed E-state index contributed by atoms with van der Waals surface area (Å²) in [6.45, 7) is 3.49. The lowest BCUT2D eigenvalue weighted by Crippen LogP contribution is -2.08. The van der Waals surface area contributed by atoms with Crippen molar-refractivity contribution in [2.45, 2.75) is 19.3 Å². The third kappa shape index (κ3) is 3.33. The molecule has 0 spiro atoms. The number of rotatable bonds is 5. The maximum atomic E-state index is 14.9. The van der Waals surface area contributed by atoms with Crippen LogP contribution < -0.4 is 10.6 Å². The Balaban J connectivity index is 1.62. The topological polar surface area (TPSA) is 89.7 Å². The summed E-state index contributed by atoms with van der Waals surface area (Å²) >= 11 is 0. The summed E-state index contributed by atoms with van der Waals surface area (Å²) in [6, 6.07) is 5.59. The summed E-state index contributed by atoms with van der Waals surface area (Å²) in [5.74, 6) is -0.305. The predicted octanol–water partition coefficient (Wildman–Crippen LogP) is 3.65. The minimum absolute atomic E-state index is 0.192. The number of benzene rings is 1. The van der Waals surface area contributed by atoms with Crippen LogP contribution in [0.1, 0.15) is 17.7 Å². The molecule has 1 amide bonds. The fourth-order valence-electron chi connectivity index (χ4n) is 4.09. The highest BCUT2D eigenvalue weighted by molar-refractivity contribution is 6.01. The van der Waals surface area contributed by atoms with E-state index in [2.05, 4.69) is 32.3 Å². The highest BCUT2D eigenvalue weighted by atomic mass is 19.1. The Morgan fingerprint density at radius 3 is 2.90 bits per heavy atom. The van der Waals surface area contributed by atoms with Crippen LogP contribution in [0.5, 0.6) is 0 Å². The largest absolute Gasteiger partial charge is 0.323 e. The number of aryl methyl sites for hydroxylation is 2. The first-order valence-corrected chi connectivity index (χ1v) is 9.91. The molecule has 156 valence electrons. The van der Waals surface area contributed by atoms with Gasteiger partial charge in [-0.1, -0.05) is 6.58 Å². The molecule has 1 aliphatic rings. The second-order valence-electron chi connectivity index (χ2n) is 7.43. The number of hydrogen-bond donors (Lipinski definition) is 2. The number of aromatic nitrogens is 5. The van der Waals surface area contributed by atoms with E-state index >= 15 is 0 Å². The molecule has 4 aromatic rings. The first-order valence-electron chi connectivity index (χ1n) is 9.91. The van der Waals surface area contributed by atoms with E-state index in [0.29, 0.717) is 11.4 Å². The van der Waals surface area contributed by atoms with Gasteiger partial charge in [-0.2, -0.15) is 10.1 Å². The molecule has 0 bridgehead atoms. The fourth-order valence-corrected chi connectivity index (χ4v) is 4.09. The van der Waals surface area contributed by atoms with E-state index < -0.39 is 5.82 Å².